The highest BCUT2D eigenvalue weighted by atomic mass is 31.2. The molecule has 2 nitrogen and oxygen atoms in total. The summed E-state index contributed by atoms with van der Waals surface area (Å²) in [4.78, 5) is 0. The number of hydrogen-bond donors (Lipinski definition) is 1. The van der Waals surface area contributed by atoms with Gasteiger partial charge in [0.15, 0.2) is 0 Å². The van der Waals surface area contributed by atoms with Gasteiger partial charge in [0.05, 0.1) is 12.8 Å². The Labute approximate surface area is 198 Å². The normalized spacial score (nSPS) is 11.3. The average molecular weight is 455 g/mol. The van der Waals surface area contributed by atoms with E-state index in [1.807, 2.05) is 0 Å². The van der Waals surface area contributed by atoms with E-state index in [0.717, 1.165) is 31.2 Å². The van der Waals surface area contributed by atoms with E-state index in [-0.39, 0.29) is 0 Å². The molecule has 0 aliphatic heterocycles. The molecule has 2 N–H and O–H groups in total. The maximum Gasteiger partial charge on any atom is 0.122 e. The summed E-state index contributed by atoms with van der Waals surface area (Å²) in [6, 6.07) is 41.5. The number of para-hydroxylation sites is 1. The van der Waals surface area contributed by atoms with E-state index in [1.165, 1.54) is 21.5 Å². The predicted molar refractivity (Wildman–Crippen MR) is 144 cm³/mol. The molecule has 3 heteroatoms. The summed E-state index contributed by atoms with van der Waals surface area (Å²) in [6.07, 6.45) is 3.99. The second kappa shape index (κ2) is 11.8. The van der Waals surface area contributed by atoms with Crippen molar-refractivity contribution in [1.82, 2.24) is 0 Å². The fourth-order valence-electron chi connectivity index (χ4n) is 4.51. The third-order valence-corrected chi connectivity index (χ3v) is 10.6. The van der Waals surface area contributed by atoms with Gasteiger partial charge in [0.2, 0.25) is 0 Å². The number of aryl methyl sites for hydroxylation is 1. The minimum Gasteiger partial charge on any atom is -0.493 e. The molecule has 0 unspecified atom stereocenters. The van der Waals surface area contributed by atoms with E-state index < -0.39 is 7.26 Å². The number of hydrogen-bond acceptors (Lipinski definition) is 2. The van der Waals surface area contributed by atoms with Crippen molar-refractivity contribution in [2.75, 3.05) is 19.3 Å². The van der Waals surface area contributed by atoms with Crippen molar-refractivity contribution < 1.29 is 4.74 Å². The second-order valence-corrected chi connectivity index (χ2v) is 11.9. The first-order valence-corrected chi connectivity index (χ1v) is 13.8. The van der Waals surface area contributed by atoms with Crippen molar-refractivity contribution in [2.24, 2.45) is 5.73 Å². The Morgan fingerprint density at radius 3 is 1.58 bits per heavy atom. The molecule has 0 saturated heterocycles. The van der Waals surface area contributed by atoms with E-state index in [0.29, 0.717) is 13.2 Å². The van der Waals surface area contributed by atoms with Crippen LogP contribution in [0.1, 0.15) is 18.4 Å². The minimum absolute atomic E-state index is 0.701. The maximum atomic E-state index is 6.31. The van der Waals surface area contributed by atoms with Gasteiger partial charge >= 0.3 is 0 Å². The summed E-state index contributed by atoms with van der Waals surface area (Å²) >= 11 is 0. The van der Waals surface area contributed by atoms with Crippen molar-refractivity contribution in [3.63, 3.8) is 0 Å². The topological polar surface area (TPSA) is 35.2 Å². The van der Waals surface area contributed by atoms with Crippen LogP contribution in [-0.4, -0.2) is 19.3 Å². The van der Waals surface area contributed by atoms with Gasteiger partial charge in [-0.3, -0.25) is 0 Å². The molecule has 0 heterocycles. The molecular formula is C30H33NOP+. The van der Waals surface area contributed by atoms with E-state index in [4.69, 9.17) is 10.5 Å². The summed E-state index contributed by atoms with van der Waals surface area (Å²) < 4.78 is 6.31. The zero-order valence-corrected chi connectivity index (χ0v) is 20.0. The number of ether oxygens (including phenoxy) is 1. The molecule has 0 saturated carbocycles. The molecule has 0 aliphatic rings. The van der Waals surface area contributed by atoms with Gasteiger partial charge in [-0.15, -0.1) is 0 Å². The molecule has 0 spiro atoms. The molecule has 4 aromatic rings. The van der Waals surface area contributed by atoms with E-state index in [9.17, 15) is 0 Å². The summed E-state index contributed by atoms with van der Waals surface area (Å²) in [5.74, 6) is 0.994. The smallest absolute Gasteiger partial charge is 0.122 e. The summed E-state index contributed by atoms with van der Waals surface area (Å²) in [5, 5.41) is 4.27. The molecule has 0 amide bonds. The molecule has 4 aromatic carbocycles. The van der Waals surface area contributed by atoms with Crippen molar-refractivity contribution in [3.05, 3.63) is 121 Å². The van der Waals surface area contributed by atoms with Crippen molar-refractivity contribution >= 4 is 23.2 Å². The van der Waals surface area contributed by atoms with Gasteiger partial charge < -0.3 is 10.5 Å². The zero-order chi connectivity index (χ0) is 22.8. The third kappa shape index (κ3) is 5.53. The molecule has 168 valence electrons. The molecule has 0 aromatic heterocycles. The second-order valence-electron chi connectivity index (χ2n) is 8.24. The highest BCUT2D eigenvalue weighted by molar-refractivity contribution is 7.95. The monoisotopic (exact) mass is 454 g/mol. The van der Waals surface area contributed by atoms with Crippen LogP contribution in [-0.2, 0) is 6.42 Å². The van der Waals surface area contributed by atoms with E-state index in [1.54, 1.807) is 0 Å². The highest BCUT2D eigenvalue weighted by Gasteiger charge is 2.44. The fraction of sp³-hybridized carbons (Fsp3) is 0.200. The number of nitrogens with two attached hydrogens (primary N) is 1. The van der Waals surface area contributed by atoms with Gasteiger partial charge in [-0.25, -0.2) is 0 Å². The lowest BCUT2D eigenvalue weighted by Gasteiger charge is -2.27. The van der Waals surface area contributed by atoms with Crippen LogP contribution >= 0.6 is 7.26 Å². The van der Waals surface area contributed by atoms with Gasteiger partial charge in [-0.05, 0) is 67.4 Å². The maximum absolute atomic E-state index is 6.31. The highest BCUT2D eigenvalue weighted by Crippen LogP contribution is 2.55. The SMILES string of the molecule is NCCCc1ccccc1OCCC[P+](c1ccccc1)(c1ccccc1)c1ccccc1. The zero-order valence-electron chi connectivity index (χ0n) is 19.1. The van der Waals surface area contributed by atoms with Crippen molar-refractivity contribution in [3.8, 4) is 5.75 Å². The predicted octanol–water partition coefficient (Wildman–Crippen LogP) is 5.34. The molecule has 33 heavy (non-hydrogen) atoms. The minimum atomic E-state index is -1.80. The lowest BCUT2D eigenvalue weighted by atomic mass is 10.1. The Balaban J connectivity index is 1.62. The van der Waals surface area contributed by atoms with Crippen LogP contribution in [0, 0.1) is 0 Å². The first-order chi connectivity index (χ1) is 16.3. The van der Waals surface area contributed by atoms with Crippen molar-refractivity contribution in [2.45, 2.75) is 19.3 Å². The Morgan fingerprint density at radius 1 is 0.576 bits per heavy atom. The fourth-order valence-corrected chi connectivity index (χ4v) is 8.83. The van der Waals surface area contributed by atoms with Crippen LogP contribution in [0.25, 0.3) is 0 Å². The van der Waals surface area contributed by atoms with Crippen LogP contribution in [0.2, 0.25) is 0 Å². The Bertz CT molecular complexity index is 1000. The lowest BCUT2D eigenvalue weighted by Crippen LogP contribution is -2.33. The molecule has 0 bridgehead atoms. The number of rotatable bonds is 11. The average Bonchev–Trinajstić information content (AvgIpc) is 2.90. The Kier molecular flexibility index (Phi) is 8.30. The Morgan fingerprint density at radius 2 is 1.06 bits per heavy atom. The number of benzene rings is 4. The molecule has 4 rings (SSSR count). The summed E-state index contributed by atoms with van der Waals surface area (Å²) in [6.45, 7) is 1.40. The molecule has 0 aliphatic carbocycles. The van der Waals surface area contributed by atoms with Crippen LogP contribution in [0.4, 0.5) is 0 Å². The first-order valence-electron chi connectivity index (χ1n) is 11.8. The lowest BCUT2D eigenvalue weighted by molar-refractivity contribution is 0.315. The van der Waals surface area contributed by atoms with Crippen LogP contribution in [0.3, 0.4) is 0 Å². The van der Waals surface area contributed by atoms with Gasteiger partial charge in [-0.1, -0.05) is 72.8 Å². The standard InChI is InChI=1S/C30H33NOP/c31-23-12-15-26-14-10-11-22-30(26)32-24-13-25-33(27-16-4-1-5-17-27,28-18-6-2-7-19-28)29-20-8-3-9-21-29/h1-11,14,16-22H,12-13,15,23-25,31H2/q+1. The largest absolute Gasteiger partial charge is 0.493 e. The molecular weight excluding hydrogens is 421 g/mol. The van der Waals surface area contributed by atoms with Crippen molar-refractivity contribution in [1.29, 1.82) is 0 Å². The Hall–Kier alpha value is -2.93. The third-order valence-electron chi connectivity index (χ3n) is 6.11. The van der Waals surface area contributed by atoms with Crippen LogP contribution in [0.15, 0.2) is 115 Å². The molecule has 0 atom stereocenters. The van der Waals surface area contributed by atoms with Crippen LogP contribution in [0.5, 0.6) is 5.75 Å². The van der Waals surface area contributed by atoms with Gasteiger partial charge in [0.1, 0.15) is 28.9 Å². The van der Waals surface area contributed by atoms with E-state index >= 15 is 0 Å². The van der Waals surface area contributed by atoms with Gasteiger partial charge in [0.25, 0.3) is 0 Å². The first kappa shape index (κ1) is 23.2. The molecule has 0 fully saturated rings. The van der Waals surface area contributed by atoms with E-state index in [2.05, 4.69) is 115 Å². The van der Waals surface area contributed by atoms with Crippen LogP contribution < -0.4 is 26.4 Å². The quantitative estimate of drug-likeness (QED) is 0.245. The molecule has 0 radical (unpaired) electrons. The van der Waals surface area contributed by atoms with Gasteiger partial charge in [-0.2, -0.15) is 0 Å². The summed E-state index contributed by atoms with van der Waals surface area (Å²) in [7, 11) is -1.80. The summed E-state index contributed by atoms with van der Waals surface area (Å²) in [5.41, 5.74) is 6.97. The van der Waals surface area contributed by atoms with Gasteiger partial charge in [0, 0.05) is 6.42 Å².